The van der Waals surface area contributed by atoms with Crippen molar-refractivity contribution in [1.29, 1.82) is 0 Å². The molecule has 7 aliphatic heterocycles. The number of anilines is 2. The van der Waals surface area contributed by atoms with Gasteiger partial charge in [-0.25, -0.2) is 39.3 Å². The van der Waals surface area contributed by atoms with Crippen LogP contribution in [0.25, 0.3) is 56.9 Å². The highest BCUT2D eigenvalue weighted by Crippen LogP contribution is 2.54. The summed E-state index contributed by atoms with van der Waals surface area (Å²) in [5, 5.41) is 81.1. The third-order valence-corrected chi connectivity index (χ3v) is 23.3. The fraction of sp³-hybridized carbons (Fsp3) is 0.590. The number of fused-ring (bicyclic) bond motifs is 19. The Morgan fingerprint density at radius 2 is 0.585 bits per heavy atom. The van der Waals surface area contributed by atoms with Gasteiger partial charge in [0.05, 0.1) is 89.0 Å². The number of carboxylic acids is 6. The molecule has 130 heavy (non-hydrogen) atoms. The Morgan fingerprint density at radius 3 is 0.869 bits per heavy atom. The SMILES string of the molecule is CO[C@]1(C)OC2=C(O[C@@]1(C)OC)c1nc2nc2nc(nc3[nH]c(nc4[nH]c(n1)c1c4O[C@@](C)(OC)[C@](C)(OC)O1)c1c3O[C@@](C)(OC)[C@](C)(OC)O1)-c1c(OCCn3cc(NC(=O)CN4CCN(CC(=O)O)CCN(CC(=O)O)CCN(CC(=O)O)CC4)nn3)ccc(OCCn3cc(NC(=O)CN4CCN(CC(=O)O)CCN(CC(=O)O)CCN(CC(=O)O)CC4)nn3)c1-2. The normalized spacial score (nSPS) is 23.7. The highest BCUT2D eigenvalue weighted by Gasteiger charge is 2.60. The maximum Gasteiger partial charge on any atom is 0.317 e. The van der Waals surface area contributed by atoms with E-state index in [0.717, 1.165) is 0 Å². The van der Waals surface area contributed by atoms with E-state index in [1.165, 1.54) is 64.4 Å². The van der Waals surface area contributed by atoms with Gasteiger partial charge in [-0.1, -0.05) is 10.4 Å². The number of aromatic amines is 2. The second-order valence-corrected chi connectivity index (χ2v) is 32.0. The predicted octanol–water partition coefficient (Wildman–Crippen LogP) is -1.01. The van der Waals surface area contributed by atoms with Gasteiger partial charge in [0.1, 0.15) is 24.7 Å². The molecule has 2 amide bonds. The summed E-state index contributed by atoms with van der Waals surface area (Å²) in [6.45, 7) is 9.28. The summed E-state index contributed by atoms with van der Waals surface area (Å²) < 4.78 is 93.0. The van der Waals surface area contributed by atoms with Crippen molar-refractivity contribution in [2.24, 2.45) is 0 Å². The number of hydrogen-bond acceptors (Lipinski definition) is 40. The third kappa shape index (κ3) is 21.6. The average molecular weight is 1830 g/mol. The lowest BCUT2D eigenvalue weighted by Gasteiger charge is -2.45. The molecule has 0 spiro atoms. The molecule has 5 aromatic heterocycles. The summed E-state index contributed by atoms with van der Waals surface area (Å²) in [6, 6.07) is 3.18. The van der Waals surface area contributed by atoms with Gasteiger partial charge in [0.25, 0.3) is 34.7 Å². The predicted molar refractivity (Wildman–Crippen MR) is 446 cm³/mol. The molecule has 1 aromatic carbocycles. The molecule has 0 aliphatic carbocycles. The highest BCUT2D eigenvalue weighted by atomic mass is 16.8. The molecule has 0 unspecified atom stereocenters. The molecule has 6 aromatic rings. The summed E-state index contributed by atoms with van der Waals surface area (Å²) in [5.74, 6) is -18.8. The molecular formula is C78H106N24O28. The van der Waals surface area contributed by atoms with E-state index in [4.69, 9.17) is 96.2 Å². The number of benzene rings is 1. The van der Waals surface area contributed by atoms with Crippen LogP contribution in [0.2, 0.25) is 0 Å². The van der Waals surface area contributed by atoms with Crippen LogP contribution < -0.4 is 39.1 Å². The number of aromatic nitrogens is 14. The van der Waals surface area contributed by atoms with Crippen molar-refractivity contribution >= 4 is 93.4 Å². The third-order valence-electron chi connectivity index (χ3n) is 23.3. The number of nitrogens with one attached hydrogen (secondary N) is 4. The van der Waals surface area contributed by atoms with E-state index >= 15 is 0 Å². The smallest absolute Gasteiger partial charge is 0.317 e. The van der Waals surface area contributed by atoms with Crippen molar-refractivity contribution in [3.05, 3.63) is 36.2 Å². The number of nitrogens with zero attached hydrogens (tertiary/aromatic N) is 20. The zero-order valence-electron chi connectivity index (χ0n) is 73.7. The summed E-state index contributed by atoms with van der Waals surface area (Å²) in [4.78, 5) is 150. The van der Waals surface area contributed by atoms with Gasteiger partial charge in [0.2, 0.25) is 58.0 Å². The lowest BCUT2D eigenvalue weighted by atomic mass is 10.1. The van der Waals surface area contributed by atoms with E-state index in [2.05, 4.69) is 41.2 Å². The molecule has 0 saturated carbocycles. The lowest BCUT2D eigenvalue weighted by molar-refractivity contribution is -0.359. The minimum absolute atomic E-state index is 0.0284. The fourth-order valence-electron chi connectivity index (χ4n) is 15.2. The topological polar surface area (TPSA) is 607 Å². The van der Waals surface area contributed by atoms with Crippen LogP contribution in [0.4, 0.5) is 11.6 Å². The number of H-pyrrole nitrogens is 2. The molecule has 10 N–H and O–H groups in total. The average Bonchev–Trinajstić information content (AvgIpc) is 1.55. The number of ether oxygens (including phenoxy) is 14. The van der Waals surface area contributed by atoms with Crippen molar-refractivity contribution in [1.82, 2.24) is 109 Å². The van der Waals surface area contributed by atoms with Crippen LogP contribution in [0, 0.1) is 0 Å². The zero-order valence-corrected chi connectivity index (χ0v) is 73.7. The number of carboxylic acid groups (broad SMARTS) is 6. The number of amides is 2. The van der Waals surface area contributed by atoms with Crippen molar-refractivity contribution in [2.75, 3.05) is 224 Å². The summed E-state index contributed by atoms with van der Waals surface area (Å²) in [7, 11) is 8.36. The minimum atomic E-state index is -1.75. The van der Waals surface area contributed by atoms with Crippen molar-refractivity contribution in [3.8, 4) is 57.3 Å². The molecule has 0 radical (unpaired) electrons. The molecule has 706 valence electrons. The van der Waals surface area contributed by atoms with Gasteiger partial charge in [-0.2, -0.15) is 0 Å². The Balaban J connectivity index is 0.861. The van der Waals surface area contributed by atoms with Crippen molar-refractivity contribution < 1.29 is 135 Å². The molecule has 6 atom stereocenters. The highest BCUT2D eigenvalue weighted by molar-refractivity contribution is 5.94. The van der Waals surface area contributed by atoms with E-state index in [1.54, 1.807) is 92.9 Å². The first-order chi connectivity index (χ1) is 61.9. The molecular weight excluding hydrogens is 1720 g/mol. The van der Waals surface area contributed by atoms with E-state index in [-0.39, 0.29) is 298 Å². The molecule has 52 nitrogen and oxygen atoms in total. The van der Waals surface area contributed by atoms with E-state index in [0.29, 0.717) is 0 Å². The first kappa shape index (κ1) is 95.3. The molecule has 12 heterocycles. The molecule has 7 aliphatic rings. The minimum Gasteiger partial charge on any atom is -0.491 e. The first-order valence-electron chi connectivity index (χ1n) is 41.3. The lowest BCUT2D eigenvalue weighted by Crippen LogP contribution is -2.62. The van der Waals surface area contributed by atoms with Crippen molar-refractivity contribution in [3.63, 3.8) is 0 Å². The van der Waals surface area contributed by atoms with Gasteiger partial charge in [-0.15, -0.1) is 10.2 Å². The molecule has 52 heteroatoms. The molecule has 13 rings (SSSR count). The second-order valence-electron chi connectivity index (χ2n) is 32.0. The van der Waals surface area contributed by atoms with Crippen LogP contribution in [0.3, 0.4) is 0 Å². The summed E-state index contributed by atoms with van der Waals surface area (Å²) >= 11 is 0. The fourth-order valence-corrected chi connectivity index (χ4v) is 15.2. The Bertz CT molecular complexity index is 5360. The first-order valence-corrected chi connectivity index (χ1v) is 41.3. The van der Waals surface area contributed by atoms with Gasteiger partial charge in [0.15, 0.2) is 45.9 Å². The number of rotatable bonds is 32. The quantitative estimate of drug-likeness (QED) is 0.0241. The standard InChI is InChI=1S/C78H106N24O28/c1-73(117-7)75(3,119-9)127-61-59(125-73)67-82-65-57-45(123-33-31-101-35-47(89-91-101)79-49(103)37-93-15-19-95(39-51(105)106)23-27-99(43-55(113)114)28-24-96(20-16-93)40-52(107)108)13-14-46(124-34-32-102-36-48(90-92-102)80-50(104)38-94-17-21-97(41-53(109)110)25-29-100(44-56(115)116)30-26-98(22-18-94)42-54(111)112)58(57)66(81-65)83-68-60-62(128-76(4,120-10)74(2,118-8)126-60)70(85-68)87-72-64-63(71(88-72)86-69(61)84-67)129-77(5,121-11)78(6,122-12)130-64/h13-14,35-36H,15-34,37-44H2,1-12H3,(H,79,103)(H,80,104)(H,105,106)(H,107,108)(H,109,110)(H,111,112)(H,113,114)(H,115,116)(H2,81,82,83,84,85,86,87,88)/t73-,74-,75-,76-,77-,78-/m1/s1. The number of hydrogen-bond donors (Lipinski definition) is 10. The van der Waals surface area contributed by atoms with E-state index in [1.807, 2.05) is 0 Å². The zero-order chi connectivity index (χ0) is 93.4. The molecule has 2 fully saturated rings. The Morgan fingerprint density at radius 1 is 0.346 bits per heavy atom. The maximum absolute atomic E-state index is 14.0. The Kier molecular flexibility index (Phi) is 29.3. The van der Waals surface area contributed by atoms with Gasteiger partial charge in [0, 0.05) is 189 Å². The van der Waals surface area contributed by atoms with Gasteiger partial charge < -0.3 is 118 Å². The molecule has 2 saturated heterocycles. The van der Waals surface area contributed by atoms with E-state index < -0.39 is 82.4 Å². The van der Waals surface area contributed by atoms with Gasteiger partial charge >= 0.3 is 35.8 Å². The summed E-state index contributed by atoms with van der Waals surface area (Å²) in [5.41, 5.74) is 0.00562. The number of carbonyl (C=O) groups is 8. The maximum atomic E-state index is 14.0. The largest absolute Gasteiger partial charge is 0.491 e. The van der Waals surface area contributed by atoms with Crippen LogP contribution in [0.1, 0.15) is 53.2 Å². The second kappa shape index (κ2) is 40.0. The van der Waals surface area contributed by atoms with Crippen molar-refractivity contribution in [2.45, 2.75) is 89.4 Å². The van der Waals surface area contributed by atoms with Crippen LogP contribution >= 0.6 is 0 Å². The number of aliphatic carboxylic acids is 6. The monoisotopic (exact) mass is 1830 g/mol. The number of methoxy groups -OCH3 is 6. The Hall–Kier alpha value is -12.3. The van der Waals surface area contributed by atoms with Crippen LogP contribution in [0.5, 0.6) is 34.5 Å². The summed E-state index contributed by atoms with van der Waals surface area (Å²) in [6.07, 6.45) is 2.93. The van der Waals surface area contributed by atoms with Gasteiger partial charge in [-0.05, 0) is 12.1 Å². The molecule has 8 bridgehead atoms. The van der Waals surface area contributed by atoms with Gasteiger partial charge in [-0.3, -0.25) is 77.6 Å². The number of carbonyl (C=O) groups excluding carboxylic acids is 2. The van der Waals surface area contributed by atoms with Crippen LogP contribution in [0.15, 0.2) is 24.5 Å². The van der Waals surface area contributed by atoms with Crippen LogP contribution in [-0.4, -0.2) is 435 Å². The Labute approximate surface area is 741 Å². The van der Waals surface area contributed by atoms with Crippen LogP contribution in [-0.2, 0) is 89.3 Å². The van der Waals surface area contributed by atoms with E-state index in [9.17, 15) is 69.0 Å².